The lowest BCUT2D eigenvalue weighted by Gasteiger charge is -2.38. The van der Waals surface area contributed by atoms with Gasteiger partial charge in [-0.05, 0) is 36.4 Å². The van der Waals surface area contributed by atoms with Crippen molar-refractivity contribution in [2.45, 2.75) is 44.7 Å². The largest absolute Gasteiger partial charge is 0.447 e. The van der Waals surface area contributed by atoms with E-state index in [9.17, 15) is 22.8 Å². The molecule has 1 unspecified atom stereocenters. The van der Waals surface area contributed by atoms with Crippen molar-refractivity contribution in [2.24, 2.45) is 0 Å². The highest BCUT2D eigenvalue weighted by Crippen LogP contribution is 2.38. The van der Waals surface area contributed by atoms with E-state index in [4.69, 9.17) is 31.7 Å². The van der Waals surface area contributed by atoms with Crippen LogP contribution in [0.4, 0.5) is 29.5 Å². The van der Waals surface area contributed by atoms with Gasteiger partial charge in [-0.3, -0.25) is 9.69 Å². The Hall–Kier alpha value is -5.14. The summed E-state index contributed by atoms with van der Waals surface area (Å²) in [6.07, 6.45) is 0.249. The first kappa shape index (κ1) is 37.0. The number of hydrogen-bond acceptors (Lipinski definition) is 8. The van der Waals surface area contributed by atoms with Crippen LogP contribution in [-0.4, -0.2) is 55.9 Å². The molecule has 5 rings (SSSR count). The van der Waals surface area contributed by atoms with E-state index in [2.05, 4.69) is 10.3 Å². The second kappa shape index (κ2) is 17.4. The molecule has 14 heteroatoms. The van der Waals surface area contributed by atoms with Gasteiger partial charge in [0.25, 0.3) is 5.92 Å². The molecule has 3 aromatic rings. The molecule has 1 aliphatic carbocycles. The number of cyclic esters (lactones) is 1. The maximum atomic E-state index is 13.9. The zero-order chi connectivity index (χ0) is 34.4. The van der Waals surface area contributed by atoms with Crippen molar-refractivity contribution < 1.29 is 32.3 Å². The molecule has 1 atom stereocenters. The molecule has 10 nitrogen and oxygen atoms in total. The quantitative estimate of drug-likeness (QED) is 0.331. The number of pyridine rings is 1. The lowest BCUT2D eigenvalue weighted by Crippen LogP contribution is -2.53. The zero-order valence-electron chi connectivity index (χ0n) is 25.3. The molecular formula is C32H32ClF3N6O4. The van der Waals surface area contributed by atoms with E-state index < -0.39 is 48.7 Å². The van der Waals surface area contributed by atoms with Crippen LogP contribution in [0.1, 0.15) is 49.4 Å². The number of nitrogens with one attached hydrogen (secondary N) is 1. The molecule has 1 aromatic heterocycles. The van der Waals surface area contributed by atoms with Crippen LogP contribution in [0.3, 0.4) is 0 Å². The fourth-order valence-electron chi connectivity index (χ4n) is 4.49. The van der Waals surface area contributed by atoms with E-state index in [1.165, 1.54) is 28.1 Å². The monoisotopic (exact) mass is 656 g/mol. The van der Waals surface area contributed by atoms with E-state index in [0.29, 0.717) is 35.1 Å². The number of anilines is 2. The number of benzene rings is 2. The molecule has 0 spiro atoms. The Labute approximate surface area is 269 Å². The number of nitrogens with zero attached hydrogens (tertiary/aromatic N) is 5. The maximum absolute atomic E-state index is 13.9. The van der Waals surface area contributed by atoms with Crippen molar-refractivity contribution in [3.8, 4) is 12.1 Å². The van der Waals surface area contributed by atoms with Crippen molar-refractivity contribution in [3.63, 3.8) is 0 Å². The van der Waals surface area contributed by atoms with Gasteiger partial charge < -0.3 is 19.7 Å². The van der Waals surface area contributed by atoms with Gasteiger partial charge in [0.2, 0.25) is 5.91 Å². The summed E-state index contributed by atoms with van der Waals surface area (Å²) in [6.45, 7) is 6.86. The van der Waals surface area contributed by atoms with Crippen molar-refractivity contribution in [1.29, 1.82) is 10.5 Å². The van der Waals surface area contributed by atoms with Crippen molar-refractivity contribution >= 4 is 41.9 Å². The number of nitriles is 2. The van der Waals surface area contributed by atoms with Gasteiger partial charge in [-0.1, -0.05) is 43.6 Å². The summed E-state index contributed by atoms with van der Waals surface area (Å²) in [5.41, 5.74) is 1.31. The first-order valence-corrected chi connectivity index (χ1v) is 14.3. The molecule has 2 aliphatic rings. The summed E-state index contributed by atoms with van der Waals surface area (Å²) < 4.78 is 44.9. The number of alkyl halides is 2. The molecule has 1 aliphatic heterocycles. The van der Waals surface area contributed by atoms with Crippen LogP contribution in [-0.2, 0) is 14.3 Å². The lowest BCUT2D eigenvalue weighted by molar-refractivity contribution is -0.130. The predicted molar refractivity (Wildman–Crippen MR) is 166 cm³/mol. The maximum Gasteiger partial charge on any atom is 0.415 e. The Bertz CT molecular complexity index is 1590. The first-order chi connectivity index (χ1) is 22.0. The summed E-state index contributed by atoms with van der Waals surface area (Å²) in [5.74, 6) is -3.46. The molecule has 46 heavy (non-hydrogen) atoms. The van der Waals surface area contributed by atoms with Crippen LogP contribution in [0.5, 0.6) is 0 Å². The SMILES string of the molecule is C=O.CC.CN(c1cc(F)cc(C#N)c1)C(C(=O)NC1CC(F)(F)C1)c1ccccc1Cl.N#Cc1ccnc(N2CCOC2=O)c1. The van der Waals surface area contributed by atoms with Crippen molar-refractivity contribution in [1.82, 2.24) is 10.3 Å². The molecule has 1 N–H and O–H groups in total. The highest BCUT2D eigenvalue weighted by atomic mass is 35.5. The summed E-state index contributed by atoms with van der Waals surface area (Å²) >= 11 is 6.26. The number of ether oxygens (including phenoxy) is 1. The Balaban J connectivity index is 0.000000342. The van der Waals surface area contributed by atoms with Gasteiger partial charge in [0.1, 0.15) is 31.1 Å². The van der Waals surface area contributed by atoms with E-state index in [1.54, 1.807) is 43.4 Å². The number of amides is 2. The van der Waals surface area contributed by atoms with E-state index in [1.807, 2.05) is 32.8 Å². The molecule has 2 heterocycles. The van der Waals surface area contributed by atoms with Gasteiger partial charge in [-0.15, -0.1) is 0 Å². The highest BCUT2D eigenvalue weighted by molar-refractivity contribution is 6.31. The van der Waals surface area contributed by atoms with Gasteiger partial charge in [-0.25, -0.2) is 22.9 Å². The van der Waals surface area contributed by atoms with Gasteiger partial charge in [0.05, 0.1) is 29.8 Å². The molecule has 242 valence electrons. The van der Waals surface area contributed by atoms with Gasteiger partial charge >= 0.3 is 6.09 Å². The minimum atomic E-state index is -2.77. The number of carbonyl (C=O) groups excluding carboxylic acids is 3. The molecule has 1 saturated carbocycles. The second-order valence-corrected chi connectivity index (χ2v) is 10.0. The number of aromatic nitrogens is 1. The number of rotatable bonds is 6. The number of halogens is 4. The Kier molecular flexibility index (Phi) is 14.0. The minimum Gasteiger partial charge on any atom is -0.447 e. The molecule has 0 bridgehead atoms. The first-order valence-electron chi connectivity index (χ1n) is 14.0. The topological polar surface area (TPSA) is 139 Å². The number of hydrogen-bond donors (Lipinski definition) is 1. The van der Waals surface area contributed by atoms with Crippen LogP contribution >= 0.6 is 11.6 Å². The lowest BCUT2D eigenvalue weighted by atomic mass is 9.87. The second-order valence-electron chi connectivity index (χ2n) is 9.60. The smallest absolute Gasteiger partial charge is 0.415 e. The summed E-state index contributed by atoms with van der Waals surface area (Å²) in [4.78, 5) is 39.0. The van der Waals surface area contributed by atoms with Crippen LogP contribution in [0.15, 0.2) is 60.8 Å². The van der Waals surface area contributed by atoms with E-state index in [-0.39, 0.29) is 11.3 Å². The average molecular weight is 657 g/mol. The van der Waals surface area contributed by atoms with Gasteiger partial charge in [0.15, 0.2) is 0 Å². The molecule has 0 radical (unpaired) electrons. The predicted octanol–water partition coefficient (Wildman–Crippen LogP) is 6.19. The van der Waals surface area contributed by atoms with E-state index in [0.717, 1.165) is 6.07 Å². The van der Waals surface area contributed by atoms with Crippen LogP contribution in [0.25, 0.3) is 0 Å². The fraction of sp³-hybridized carbons (Fsp3) is 0.312. The number of likely N-dealkylation sites (N-methyl/N-ethyl adjacent to an activating group) is 1. The standard InChI is InChI=1S/C20H17ClF3N3O.C9H7N3O2.C2H6.CH2O/c1-27(15-7-12(11-25)6-13(22)8-15)18(16-4-2-3-5-17(16)21)19(28)26-14-9-20(23,24)10-14;10-6-7-1-2-11-8(5-7)12-3-4-14-9(12)13;2*1-2/h2-8,14,18H,9-10H2,1H3,(H,26,28);1-2,5H,3-4H2;1-2H3;1H2. The summed E-state index contributed by atoms with van der Waals surface area (Å²) in [6, 6.07) is 15.7. The van der Waals surface area contributed by atoms with Crippen molar-refractivity contribution in [2.75, 3.05) is 30.0 Å². The third-order valence-electron chi connectivity index (χ3n) is 6.60. The van der Waals surface area contributed by atoms with Crippen molar-refractivity contribution in [3.05, 3.63) is 88.3 Å². The fourth-order valence-corrected chi connectivity index (χ4v) is 4.73. The van der Waals surface area contributed by atoms with Crippen LogP contribution in [0.2, 0.25) is 5.02 Å². The number of carbonyl (C=O) groups is 3. The molecule has 2 amide bonds. The highest BCUT2D eigenvalue weighted by Gasteiger charge is 2.46. The van der Waals surface area contributed by atoms with E-state index >= 15 is 0 Å². The zero-order valence-corrected chi connectivity index (χ0v) is 26.1. The summed E-state index contributed by atoms with van der Waals surface area (Å²) in [5, 5.41) is 20.7. The Morgan fingerprint density at radius 2 is 1.78 bits per heavy atom. The van der Waals surface area contributed by atoms with Crippen LogP contribution < -0.4 is 15.1 Å². The van der Waals surface area contributed by atoms with Crippen LogP contribution in [0, 0.1) is 28.5 Å². The van der Waals surface area contributed by atoms with Gasteiger partial charge in [-0.2, -0.15) is 10.5 Å². The molecule has 2 aromatic carbocycles. The third-order valence-corrected chi connectivity index (χ3v) is 6.95. The molecule has 2 fully saturated rings. The Morgan fingerprint density at radius 1 is 1.13 bits per heavy atom. The average Bonchev–Trinajstić information content (AvgIpc) is 3.48. The third kappa shape index (κ3) is 9.68. The Morgan fingerprint density at radius 3 is 2.35 bits per heavy atom. The minimum absolute atomic E-state index is 0.0961. The van der Waals surface area contributed by atoms with Gasteiger partial charge in [0, 0.05) is 48.4 Å². The molecule has 1 saturated heterocycles. The molecular weight excluding hydrogens is 625 g/mol. The normalized spacial score (nSPS) is 14.9. The summed E-state index contributed by atoms with van der Waals surface area (Å²) in [7, 11) is 1.55.